The van der Waals surface area contributed by atoms with Crippen LogP contribution in [0.2, 0.25) is 0 Å². The monoisotopic (exact) mass is 364 g/mol. The molecule has 0 N–H and O–H groups in total. The van der Waals surface area contributed by atoms with E-state index in [1.165, 1.54) is 0 Å². The van der Waals surface area contributed by atoms with E-state index in [1.54, 1.807) is 0 Å². The average molecular weight is 364 g/mol. The summed E-state index contributed by atoms with van der Waals surface area (Å²) < 4.78 is 5.51. The van der Waals surface area contributed by atoms with Crippen molar-refractivity contribution < 1.29 is 14.3 Å². The molecule has 0 spiro atoms. The van der Waals surface area contributed by atoms with Gasteiger partial charge >= 0.3 is 0 Å². The number of carbonyl (C=O) groups excluding carboxylic acids is 2. The van der Waals surface area contributed by atoms with Gasteiger partial charge in [0.25, 0.3) is 11.8 Å². The number of nitrogens with zero attached hydrogens (tertiary/aromatic N) is 2. The maximum Gasteiger partial charge on any atom is 0.254 e. The van der Waals surface area contributed by atoms with Crippen molar-refractivity contribution in [3.05, 3.63) is 64.2 Å². The van der Waals surface area contributed by atoms with E-state index in [9.17, 15) is 9.59 Å². The first kappa shape index (κ1) is 17.6. The minimum absolute atomic E-state index is 0.0311. The zero-order chi connectivity index (χ0) is 19.0. The number of fused-ring (bicyclic) bond motifs is 1. The first-order valence-corrected chi connectivity index (χ1v) is 9.44. The molecule has 0 radical (unpaired) electrons. The molecule has 1 saturated heterocycles. The molecule has 0 atom stereocenters. The maximum absolute atomic E-state index is 12.9. The van der Waals surface area contributed by atoms with Crippen LogP contribution in [0.15, 0.2) is 36.4 Å². The van der Waals surface area contributed by atoms with E-state index >= 15 is 0 Å². The molecule has 0 unspecified atom stereocenters. The molecule has 0 aliphatic carbocycles. The predicted octanol–water partition coefficient (Wildman–Crippen LogP) is 2.84. The smallest absolute Gasteiger partial charge is 0.254 e. The molecular weight excluding hydrogens is 340 g/mol. The minimum atomic E-state index is 0.0311. The lowest BCUT2D eigenvalue weighted by Crippen LogP contribution is -2.50. The second kappa shape index (κ2) is 7.06. The minimum Gasteiger partial charge on any atom is -0.493 e. The summed E-state index contributed by atoms with van der Waals surface area (Å²) in [6, 6.07) is 11.6. The van der Waals surface area contributed by atoms with E-state index in [4.69, 9.17) is 4.74 Å². The van der Waals surface area contributed by atoms with Crippen molar-refractivity contribution in [3.63, 3.8) is 0 Å². The van der Waals surface area contributed by atoms with Crippen LogP contribution in [0.4, 0.5) is 0 Å². The number of piperazine rings is 1. The summed E-state index contributed by atoms with van der Waals surface area (Å²) in [6.45, 7) is 6.88. The van der Waals surface area contributed by atoms with Crippen LogP contribution in [-0.2, 0) is 6.42 Å². The second-order valence-electron chi connectivity index (χ2n) is 7.32. The van der Waals surface area contributed by atoms with E-state index < -0.39 is 0 Å². The molecule has 1 fully saturated rings. The van der Waals surface area contributed by atoms with Gasteiger partial charge in [0.2, 0.25) is 0 Å². The molecule has 2 aliphatic heterocycles. The van der Waals surface area contributed by atoms with Crippen LogP contribution >= 0.6 is 0 Å². The molecule has 0 saturated carbocycles. The molecule has 140 valence electrons. The number of amides is 2. The van der Waals surface area contributed by atoms with Crippen molar-refractivity contribution in [1.82, 2.24) is 9.80 Å². The molecule has 2 aromatic rings. The lowest BCUT2D eigenvalue weighted by atomic mass is 10.0. The summed E-state index contributed by atoms with van der Waals surface area (Å²) in [5.41, 5.74) is 4.63. The van der Waals surface area contributed by atoms with Crippen LogP contribution in [0.25, 0.3) is 0 Å². The van der Waals surface area contributed by atoms with E-state index in [-0.39, 0.29) is 11.8 Å². The highest BCUT2D eigenvalue weighted by Gasteiger charge is 2.27. The van der Waals surface area contributed by atoms with Crippen molar-refractivity contribution in [1.29, 1.82) is 0 Å². The Morgan fingerprint density at radius 1 is 0.889 bits per heavy atom. The maximum atomic E-state index is 12.9. The van der Waals surface area contributed by atoms with Crippen molar-refractivity contribution in [3.8, 4) is 5.75 Å². The highest BCUT2D eigenvalue weighted by molar-refractivity contribution is 5.97. The first-order chi connectivity index (χ1) is 13.0. The van der Waals surface area contributed by atoms with Gasteiger partial charge in [-0.1, -0.05) is 17.7 Å². The van der Waals surface area contributed by atoms with Gasteiger partial charge in [0.05, 0.1) is 6.61 Å². The lowest BCUT2D eigenvalue weighted by molar-refractivity contribution is 0.0535. The van der Waals surface area contributed by atoms with E-state index in [0.717, 1.165) is 34.4 Å². The van der Waals surface area contributed by atoms with Gasteiger partial charge in [-0.05, 0) is 49.2 Å². The van der Waals surface area contributed by atoms with Gasteiger partial charge < -0.3 is 14.5 Å². The number of carbonyl (C=O) groups is 2. The Hall–Kier alpha value is -2.82. The number of hydrogen-bond acceptors (Lipinski definition) is 3. The van der Waals surface area contributed by atoms with Gasteiger partial charge in [0.1, 0.15) is 5.75 Å². The largest absolute Gasteiger partial charge is 0.493 e. The van der Waals surface area contributed by atoms with E-state index in [0.29, 0.717) is 38.3 Å². The topological polar surface area (TPSA) is 49.9 Å². The Morgan fingerprint density at radius 2 is 1.59 bits per heavy atom. The highest BCUT2D eigenvalue weighted by atomic mass is 16.5. The SMILES string of the molecule is Cc1ccc(C)c(C(=O)N2CCN(C(=O)c3ccc4c(c3)CCO4)CC2)c1. The molecule has 2 heterocycles. The first-order valence-electron chi connectivity index (χ1n) is 9.44. The number of aryl methyl sites for hydroxylation is 2. The standard InChI is InChI=1S/C22H24N2O3/c1-15-3-4-16(2)19(13-15)22(26)24-10-8-23(9-11-24)21(25)18-5-6-20-17(14-18)7-12-27-20/h3-6,13-14H,7-12H2,1-2H3. The van der Waals surface area contributed by atoms with Crippen molar-refractivity contribution in [2.45, 2.75) is 20.3 Å². The number of hydrogen-bond donors (Lipinski definition) is 0. The van der Waals surface area contributed by atoms with Gasteiger partial charge in [-0.3, -0.25) is 9.59 Å². The van der Waals surface area contributed by atoms with Crippen molar-refractivity contribution in [2.75, 3.05) is 32.8 Å². The number of rotatable bonds is 2. The molecule has 5 nitrogen and oxygen atoms in total. The fourth-order valence-corrected chi connectivity index (χ4v) is 3.75. The third kappa shape index (κ3) is 3.42. The van der Waals surface area contributed by atoms with Crippen molar-refractivity contribution >= 4 is 11.8 Å². The van der Waals surface area contributed by atoms with E-state index in [2.05, 4.69) is 0 Å². The predicted molar refractivity (Wildman–Crippen MR) is 103 cm³/mol. The van der Waals surface area contributed by atoms with Crippen LogP contribution in [0.3, 0.4) is 0 Å². The van der Waals surface area contributed by atoms with Crippen LogP contribution in [0.1, 0.15) is 37.4 Å². The quantitative estimate of drug-likeness (QED) is 0.823. The Kier molecular flexibility index (Phi) is 4.60. The van der Waals surface area contributed by atoms with Gasteiger partial charge in [-0.25, -0.2) is 0 Å². The molecule has 5 heteroatoms. The second-order valence-corrected chi connectivity index (χ2v) is 7.32. The summed E-state index contributed by atoms with van der Waals surface area (Å²) in [5.74, 6) is 0.969. The fourth-order valence-electron chi connectivity index (χ4n) is 3.75. The summed E-state index contributed by atoms with van der Waals surface area (Å²) >= 11 is 0. The normalized spacial score (nSPS) is 16.1. The Balaban J connectivity index is 1.42. The molecule has 2 amide bonds. The van der Waals surface area contributed by atoms with Crippen molar-refractivity contribution in [2.24, 2.45) is 0 Å². The van der Waals surface area contributed by atoms with Gasteiger partial charge in [-0.2, -0.15) is 0 Å². The molecule has 0 bridgehead atoms. The van der Waals surface area contributed by atoms with Gasteiger partial charge in [0, 0.05) is 43.7 Å². The molecule has 0 aromatic heterocycles. The fraction of sp³-hybridized carbons (Fsp3) is 0.364. The Bertz CT molecular complexity index is 898. The molecule has 2 aromatic carbocycles. The van der Waals surface area contributed by atoms with Crippen LogP contribution in [0.5, 0.6) is 5.75 Å². The molecule has 27 heavy (non-hydrogen) atoms. The Labute approximate surface area is 159 Å². The zero-order valence-corrected chi connectivity index (χ0v) is 15.8. The summed E-state index contributed by atoms with van der Waals surface area (Å²) in [7, 11) is 0. The number of ether oxygens (including phenoxy) is 1. The summed E-state index contributed by atoms with van der Waals surface area (Å²) in [4.78, 5) is 29.4. The molecule has 4 rings (SSSR count). The van der Waals surface area contributed by atoms with E-state index in [1.807, 2.05) is 60.0 Å². The lowest BCUT2D eigenvalue weighted by Gasteiger charge is -2.35. The highest BCUT2D eigenvalue weighted by Crippen LogP contribution is 2.26. The van der Waals surface area contributed by atoms with Crippen LogP contribution in [0, 0.1) is 13.8 Å². The summed E-state index contributed by atoms with van der Waals surface area (Å²) in [6.07, 6.45) is 0.856. The Morgan fingerprint density at radius 3 is 2.33 bits per heavy atom. The molecular formula is C22H24N2O3. The van der Waals surface area contributed by atoms with Gasteiger partial charge in [-0.15, -0.1) is 0 Å². The molecule has 2 aliphatic rings. The van der Waals surface area contributed by atoms with Crippen LogP contribution < -0.4 is 4.74 Å². The third-order valence-electron chi connectivity index (χ3n) is 5.41. The zero-order valence-electron chi connectivity index (χ0n) is 15.8. The average Bonchev–Trinajstić information content (AvgIpc) is 3.16. The third-order valence-corrected chi connectivity index (χ3v) is 5.41. The van der Waals surface area contributed by atoms with Gasteiger partial charge in [0.15, 0.2) is 0 Å². The summed E-state index contributed by atoms with van der Waals surface area (Å²) in [5, 5.41) is 0. The number of benzene rings is 2. The van der Waals surface area contributed by atoms with Crippen LogP contribution in [-0.4, -0.2) is 54.4 Å².